The zero-order chi connectivity index (χ0) is 19.3. The van der Waals surface area contributed by atoms with E-state index in [4.69, 9.17) is 4.74 Å². The van der Waals surface area contributed by atoms with Crippen LogP contribution in [0.25, 0.3) is 5.69 Å². The standard InChI is InChI=1S/C21H23N5O2/c1-25-14-12-18(13-15-25)28-21-19(20(27)22-16-8-4-2-5-9-16)23-24-26(21)17-10-6-3-7-11-17/h2-11,18H,12-15H2,1H3,(H,22,27). The monoisotopic (exact) mass is 377 g/mol. The first-order valence-corrected chi connectivity index (χ1v) is 9.43. The molecule has 144 valence electrons. The number of nitrogens with zero attached hydrogens (tertiary/aromatic N) is 4. The fourth-order valence-electron chi connectivity index (χ4n) is 3.23. The van der Waals surface area contributed by atoms with Crippen molar-refractivity contribution in [2.24, 2.45) is 0 Å². The number of rotatable bonds is 5. The van der Waals surface area contributed by atoms with Crippen molar-refractivity contribution in [2.75, 3.05) is 25.5 Å². The molecule has 7 nitrogen and oxygen atoms in total. The summed E-state index contributed by atoms with van der Waals surface area (Å²) in [6.45, 7) is 1.92. The molecule has 0 aliphatic carbocycles. The second-order valence-electron chi connectivity index (χ2n) is 6.93. The molecule has 4 rings (SSSR count). The molecule has 28 heavy (non-hydrogen) atoms. The molecular weight excluding hydrogens is 354 g/mol. The zero-order valence-corrected chi connectivity index (χ0v) is 15.8. The summed E-state index contributed by atoms with van der Waals surface area (Å²) in [5.74, 6) is 0.0468. The van der Waals surface area contributed by atoms with Gasteiger partial charge in [-0.15, -0.1) is 5.10 Å². The van der Waals surface area contributed by atoms with Crippen LogP contribution in [0.15, 0.2) is 60.7 Å². The van der Waals surface area contributed by atoms with E-state index in [0.29, 0.717) is 11.6 Å². The van der Waals surface area contributed by atoms with Crippen molar-refractivity contribution in [3.63, 3.8) is 0 Å². The Hall–Kier alpha value is -3.19. The lowest BCUT2D eigenvalue weighted by atomic mass is 10.1. The lowest BCUT2D eigenvalue weighted by molar-refractivity contribution is 0.0967. The molecule has 0 atom stereocenters. The third kappa shape index (κ3) is 4.04. The van der Waals surface area contributed by atoms with Crippen LogP contribution < -0.4 is 10.1 Å². The van der Waals surface area contributed by atoms with Gasteiger partial charge in [-0.2, -0.15) is 4.68 Å². The molecule has 1 amide bonds. The van der Waals surface area contributed by atoms with Gasteiger partial charge in [0.2, 0.25) is 5.69 Å². The van der Waals surface area contributed by atoms with Crippen LogP contribution in [0.3, 0.4) is 0 Å². The molecule has 2 heterocycles. The van der Waals surface area contributed by atoms with E-state index < -0.39 is 0 Å². The predicted octanol–water partition coefficient (Wildman–Crippen LogP) is 2.99. The molecule has 1 saturated heterocycles. The molecular formula is C21H23N5O2. The number of likely N-dealkylation sites (tertiary alicyclic amines) is 1. The van der Waals surface area contributed by atoms with Crippen molar-refractivity contribution >= 4 is 11.6 Å². The highest BCUT2D eigenvalue weighted by atomic mass is 16.5. The second-order valence-corrected chi connectivity index (χ2v) is 6.93. The van der Waals surface area contributed by atoms with Gasteiger partial charge in [-0.25, -0.2) is 0 Å². The number of aromatic nitrogens is 3. The summed E-state index contributed by atoms with van der Waals surface area (Å²) in [4.78, 5) is 15.1. The fourth-order valence-corrected chi connectivity index (χ4v) is 3.23. The number of carbonyl (C=O) groups is 1. The van der Waals surface area contributed by atoms with E-state index in [1.807, 2.05) is 60.7 Å². The topological polar surface area (TPSA) is 72.3 Å². The predicted molar refractivity (Wildman–Crippen MR) is 107 cm³/mol. The van der Waals surface area contributed by atoms with Crippen LogP contribution >= 0.6 is 0 Å². The van der Waals surface area contributed by atoms with Crippen LogP contribution in [0.5, 0.6) is 5.88 Å². The maximum Gasteiger partial charge on any atom is 0.281 e. The van der Waals surface area contributed by atoms with E-state index in [-0.39, 0.29) is 17.7 Å². The molecule has 3 aromatic rings. The minimum Gasteiger partial charge on any atom is -0.472 e. The number of nitrogens with one attached hydrogen (secondary N) is 1. The lowest BCUT2D eigenvalue weighted by Gasteiger charge is -2.29. The molecule has 1 aliphatic heterocycles. The molecule has 0 spiro atoms. The van der Waals surface area contributed by atoms with Gasteiger partial charge in [-0.1, -0.05) is 41.6 Å². The number of anilines is 1. The Bertz CT molecular complexity index is 918. The van der Waals surface area contributed by atoms with E-state index in [2.05, 4.69) is 27.6 Å². The van der Waals surface area contributed by atoms with Gasteiger partial charge in [0.25, 0.3) is 11.8 Å². The van der Waals surface area contributed by atoms with Crippen LogP contribution in [-0.4, -0.2) is 52.0 Å². The van der Waals surface area contributed by atoms with Gasteiger partial charge in [0.1, 0.15) is 6.10 Å². The first-order chi connectivity index (χ1) is 13.7. The number of para-hydroxylation sites is 2. The summed E-state index contributed by atoms with van der Waals surface area (Å²) in [5.41, 5.74) is 1.69. The molecule has 7 heteroatoms. The van der Waals surface area contributed by atoms with E-state index in [9.17, 15) is 4.79 Å². The minimum absolute atomic E-state index is 0.0282. The van der Waals surface area contributed by atoms with E-state index in [1.54, 1.807) is 4.68 Å². The smallest absolute Gasteiger partial charge is 0.281 e. The van der Waals surface area contributed by atoms with Gasteiger partial charge in [0.15, 0.2) is 0 Å². The molecule has 0 radical (unpaired) electrons. The highest BCUT2D eigenvalue weighted by molar-refractivity contribution is 6.04. The van der Waals surface area contributed by atoms with E-state index >= 15 is 0 Å². The Morgan fingerprint density at radius 2 is 1.68 bits per heavy atom. The van der Waals surface area contributed by atoms with Gasteiger partial charge in [0, 0.05) is 18.8 Å². The first kappa shape index (κ1) is 18.2. The quantitative estimate of drug-likeness (QED) is 0.740. The highest BCUT2D eigenvalue weighted by Crippen LogP contribution is 2.25. The Kier molecular flexibility index (Phi) is 5.34. The number of carbonyl (C=O) groups excluding carboxylic acids is 1. The maximum atomic E-state index is 12.9. The average Bonchev–Trinajstić information content (AvgIpc) is 3.15. The minimum atomic E-state index is -0.337. The summed E-state index contributed by atoms with van der Waals surface area (Å²) in [5, 5.41) is 11.2. The van der Waals surface area contributed by atoms with Crippen molar-refractivity contribution in [3.05, 3.63) is 66.4 Å². The van der Waals surface area contributed by atoms with Crippen molar-refractivity contribution in [1.82, 2.24) is 19.9 Å². The van der Waals surface area contributed by atoms with E-state index in [1.165, 1.54) is 0 Å². The number of ether oxygens (including phenoxy) is 1. The number of amides is 1. The molecule has 1 aromatic heterocycles. The number of hydrogen-bond donors (Lipinski definition) is 1. The van der Waals surface area contributed by atoms with Crippen LogP contribution in [0.1, 0.15) is 23.3 Å². The van der Waals surface area contributed by atoms with Gasteiger partial charge in [-0.05, 0) is 44.2 Å². The third-order valence-corrected chi connectivity index (χ3v) is 4.82. The second kappa shape index (κ2) is 8.22. The van der Waals surface area contributed by atoms with Crippen LogP contribution in [0.2, 0.25) is 0 Å². The normalized spacial score (nSPS) is 15.3. The van der Waals surface area contributed by atoms with Crippen molar-refractivity contribution in [3.8, 4) is 11.6 Å². The molecule has 0 unspecified atom stereocenters. The number of benzene rings is 2. The molecule has 1 aliphatic rings. The lowest BCUT2D eigenvalue weighted by Crippen LogP contribution is -2.36. The number of hydrogen-bond acceptors (Lipinski definition) is 5. The largest absolute Gasteiger partial charge is 0.472 e. The summed E-state index contributed by atoms with van der Waals surface area (Å²) < 4.78 is 7.87. The Labute approximate surface area is 163 Å². The van der Waals surface area contributed by atoms with Gasteiger partial charge in [0.05, 0.1) is 5.69 Å². The molecule has 0 bridgehead atoms. The number of piperidine rings is 1. The molecule has 0 saturated carbocycles. The van der Waals surface area contributed by atoms with Gasteiger partial charge < -0.3 is 15.0 Å². The van der Waals surface area contributed by atoms with E-state index in [0.717, 1.165) is 31.6 Å². The first-order valence-electron chi connectivity index (χ1n) is 9.43. The summed E-state index contributed by atoms with van der Waals surface area (Å²) in [7, 11) is 2.10. The Morgan fingerprint density at radius 1 is 1.04 bits per heavy atom. The van der Waals surface area contributed by atoms with Gasteiger partial charge in [-0.3, -0.25) is 4.79 Å². The third-order valence-electron chi connectivity index (χ3n) is 4.82. The SMILES string of the molecule is CN1CCC(Oc2c(C(=O)Nc3ccccc3)nnn2-c2ccccc2)CC1. The van der Waals surface area contributed by atoms with Crippen LogP contribution in [0, 0.1) is 0 Å². The van der Waals surface area contributed by atoms with Crippen molar-refractivity contribution in [1.29, 1.82) is 0 Å². The van der Waals surface area contributed by atoms with Gasteiger partial charge >= 0.3 is 0 Å². The highest BCUT2D eigenvalue weighted by Gasteiger charge is 2.27. The summed E-state index contributed by atoms with van der Waals surface area (Å²) >= 11 is 0. The molecule has 1 fully saturated rings. The van der Waals surface area contributed by atoms with Crippen molar-refractivity contribution in [2.45, 2.75) is 18.9 Å². The fraction of sp³-hybridized carbons (Fsp3) is 0.286. The van der Waals surface area contributed by atoms with Crippen molar-refractivity contribution < 1.29 is 9.53 Å². The summed E-state index contributed by atoms with van der Waals surface area (Å²) in [6.07, 6.45) is 1.83. The van der Waals surface area contributed by atoms with Crippen LogP contribution in [0.4, 0.5) is 5.69 Å². The Balaban J connectivity index is 1.63. The zero-order valence-electron chi connectivity index (χ0n) is 15.8. The Morgan fingerprint density at radius 3 is 2.36 bits per heavy atom. The average molecular weight is 377 g/mol. The molecule has 2 aromatic carbocycles. The summed E-state index contributed by atoms with van der Waals surface area (Å²) in [6, 6.07) is 18.9. The molecule has 1 N–H and O–H groups in total. The maximum absolute atomic E-state index is 12.9. The van der Waals surface area contributed by atoms with Crippen LogP contribution in [-0.2, 0) is 0 Å².